The van der Waals surface area contributed by atoms with E-state index in [2.05, 4.69) is 36.6 Å². The molecule has 3 rings (SSSR count). The smallest absolute Gasteiger partial charge is 0.191 e. The molecule has 2 aliphatic heterocycles. The van der Waals surface area contributed by atoms with Crippen molar-refractivity contribution in [1.29, 1.82) is 0 Å². The molecule has 1 atom stereocenters. The van der Waals surface area contributed by atoms with E-state index in [1.807, 2.05) is 0 Å². The molecule has 2 N–H and O–H groups in total. The SMILES string of the molecule is CCNC(=NCc1cc2c(cc1OC)CC(C)O2)NCCCOCC1CCOCC1. The Morgan fingerprint density at radius 3 is 2.83 bits per heavy atom. The molecule has 1 fully saturated rings. The lowest BCUT2D eigenvalue weighted by atomic mass is 10.0. The Labute approximate surface area is 180 Å². The van der Waals surface area contributed by atoms with Gasteiger partial charge in [0.15, 0.2) is 5.96 Å². The molecule has 0 aromatic heterocycles. The third kappa shape index (κ3) is 6.77. The van der Waals surface area contributed by atoms with Crippen LogP contribution in [0.25, 0.3) is 0 Å². The molecule has 0 radical (unpaired) electrons. The molecule has 0 saturated carbocycles. The number of nitrogens with one attached hydrogen (secondary N) is 2. The number of rotatable bonds is 10. The Bertz CT molecular complexity index is 689. The first-order chi connectivity index (χ1) is 14.7. The number of hydrogen-bond donors (Lipinski definition) is 2. The molecular formula is C23H37N3O4. The van der Waals surface area contributed by atoms with E-state index in [4.69, 9.17) is 23.9 Å². The van der Waals surface area contributed by atoms with Crippen LogP contribution in [0.5, 0.6) is 11.5 Å². The van der Waals surface area contributed by atoms with Gasteiger partial charge in [-0.15, -0.1) is 0 Å². The highest BCUT2D eigenvalue weighted by Crippen LogP contribution is 2.35. The summed E-state index contributed by atoms with van der Waals surface area (Å²) in [5.41, 5.74) is 2.24. The van der Waals surface area contributed by atoms with Gasteiger partial charge in [-0.1, -0.05) is 0 Å². The molecule has 2 aliphatic rings. The summed E-state index contributed by atoms with van der Waals surface area (Å²) >= 11 is 0. The molecule has 1 saturated heterocycles. The Balaban J connectivity index is 1.44. The number of benzene rings is 1. The number of aliphatic imine (C=N–C) groups is 1. The van der Waals surface area contributed by atoms with Gasteiger partial charge >= 0.3 is 0 Å². The predicted octanol–water partition coefficient (Wildman–Crippen LogP) is 2.91. The molecule has 30 heavy (non-hydrogen) atoms. The molecule has 1 aromatic rings. The van der Waals surface area contributed by atoms with Crippen molar-refractivity contribution in [2.75, 3.05) is 46.6 Å². The van der Waals surface area contributed by atoms with Crippen LogP contribution >= 0.6 is 0 Å². The van der Waals surface area contributed by atoms with Gasteiger partial charge in [-0.2, -0.15) is 0 Å². The maximum Gasteiger partial charge on any atom is 0.191 e. The Morgan fingerprint density at radius 1 is 1.23 bits per heavy atom. The first-order valence-electron chi connectivity index (χ1n) is 11.2. The topological polar surface area (TPSA) is 73.3 Å². The molecule has 0 aliphatic carbocycles. The van der Waals surface area contributed by atoms with Crippen LogP contribution in [-0.4, -0.2) is 58.7 Å². The van der Waals surface area contributed by atoms with Gasteiger partial charge in [0.2, 0.25) is 0 Å². The van der Waals surface area contributed by atoms with Gasteiger partial charge in [-0.3, -0.25) is 0 Å². The zero-order valence-corrected chi connectivity index (χ0v) is 18.7. The van der Waals surface area contributed by atoms with Crippen molar-refractivity contribution in [3.8, 4) is 11.5 Å². The number of guanidine groups is 1. The Morgan fingerprint density at radius 2 is 2.07 bits per heavy atom. The van der Waals surface area contributed by atoms with Gasteiger partial charge in [0, 0.05) is 57.1 Å². The number of methoxy groups -OCH3 is 1. The van der Waals surface area contributed by atoms with Gasteiger partial charge in [-0.05, 0) is 51.2 Å². The third-order valence-corrected chi connectivity index (χ3v) is 5.50. The van der Waals surface area contributed by atoms with E-state index in [9.17, 15) is 0 Å². The molecule has 0 amide bonds. The molecule has 0 bridgehead atoms. The minimum atomic E-state index is 0.219. The van der Waals surface area contributed by atoms with Gasteiger partial charge in [0.25, 0.3) is 0 Å². The fraction of sp³-hybridized carbons (Fsp3) is 0.696. The van der Waals surface area contributed by atoms with E-state index in [1.54, 1.807) is 7.11 Å². The second-order valence-electron chi connectivity index (χ2n) is 8.01. The van der Waals surface area contributed by atoms with Crippen molar-refractivity contribution in [3.05, 3.63) is 23.3 Å². The second-order valence-corrected chi connectivity index (χ2v) is 8.01. The minimum Gasteiger partial charge on any atom is -0.496 e. The van der Waals surface area contributed by atoms with Crippen LogP contribution in [0.3, 0.4) is 0 Å². The largest absolute Gasteiger partial charge is 0.496 e. The molecule has 168 valence electrons. The van der Waals surface area contributed by atoms with Crippen LogP contribution in [-0.2, 0) is 22.4 Å². The van der Waals surface area contributed by atoms with Gasteiger partial charge in [0.1, 0.15) is 17.6 Å². The second kappa shape index (κ2) is 12.0. The van der Waals surface area contributed by atoms with E-state index >= 15 is 0 Å². The molecule has 7 nitrogen and oxygen atoms in total. The highest BCUT2D eigenvalue weighted by molar-refractivity contribution is 5.79. The predicted molar refractivity (Wildman–Crippen MR) is 119 cm³/mol. The van der Waals surface area contributed by atoms with Gasteiger partial charge in [-0.25, -0.2) is 4.99 Å². The standard InChI is InChI=1S/C23H37N3O4/c1-4-24-23(25-8-5-9-29-16-18-6-10-28-11-7-18)26-15-20-14-22-19(12-17(2)30-22)13-21(20)27-3/h13-14,17-18H,4-12,15-16H2,1-3H3,(H2,24,25,26). The first-order valence-corrected chi connectivity index (χ1v) is 11.2. The van der Waals surface area contributed by atoms with Crippen LogP contribution < -0.4 is 20.1 Å². The Hall–Kier alpha value is -1.99. The summed E-state index contributed by atoms with van der Waals surface area (Å²) in [6, 6.07) is 4.15. The van der Waals surface area contributed by atoms with Crippen molar-refractivity contribution in [1.82, 2.24) is 10.6 Å². The Kier molecular flexibility index (Phi) is 9.08. The average Bonchev–Trinajstić information content (AvgIpc) is 3.13. The van der Waals surface area contributed by atoms with Gasteiger partial charge < -0.3 is 29.6 Å². The lowest BCUT2D eigenvalue weighted by Crippen LogP contribution is -2.38. The van der Waals surface area contributed by atoms with Crippen molar-refractivity contribution in [3.63, 3.8) is 0 Å². The molecule has 7 heteroatoms. The van der Waals surface area contributed by atoms with E-state index in [0.29, 0.717) is 12.5 Å². The van der Waals surface area contributed by atoms with Crippen molar-refractivity contribution >= 4 is 5.96 Å². The number of fused-ring (bicyclic) bond motifs is 1. The van der Waals surface area contributed by atoms with Crippen LogP contribution in [0.2, 0.25) is 0 Å². The van der Waals surface area contributed by atoms with E-state index < -0.39 is 0 Å². The molecule has 0 spiro atoms. The van der Waals surface area contributed by atoms with Crippen LogP contribution in [0, 0.1) is 5.92 Å². The summed E-state index contributed by atoms with van der Waals surface area (Å²) < 4.78 is 22.7. The maximum absolute atomic E-state index is 5.89. The minimum absolute atomic E-state index is 0.219. The monoisotopic (exact) mass is 419 g/mol. The summed E-state index contributed by atoms with van der Waals surface area (Å²) in [7, 11) is 1.71. The highest BCUT2D eigenvalue weighted by atomic mass is 16.5. The highest BCUT2D eigenvalue weighted by Gasteiger charge is 2.21. The van der Waals surface area contributed by atoms with E-state index in [-0.39, 0.29) is 6.10 Å². The molecular weight excluding hydrogens is 382 g/mol. The normalized spacial score (nSPS) is 19.3. The molecule has 1 unspecified atom stereocenters. The molecule has 2 heterocycles. The lowest BCUT2D eigenvalue weighted by Gasteiger charge is -2.21. The molecule has 1 aromatic carbocycles. The van der Waals surface area contributed by atoms with E-state index in [0.717, 1.165) is 88.2 Å². The fourth-order valence-electron chi connectivity index (χ4n) is 3.85. The van der Waals surface area contributed by atoms with Crippen molar-refractivity contribution < 1.29 is 18.9 Å². The van der Waals surface area contributed by atoms with Crippen molar-refractivity contribution in [2.24, 2.45) is 10.9 Å². The van der Waals surface area contributed by atoms with Gasteiger partial charge in [0.05, 0.1) is 13.7 Å². The quantitative estimate of drug-likeness (QED) is 0.345. The third-order valence-electron chi connectivity index (χ3n) is 5.50. The summed E-state index contributed by atoms with van der Waals surface area (Å²) in [4.78, 5) is 4.73. The van der Waals surface area contributed by atoms with Crippen LogP contribution in [0.15, 0.2) is 17.1 Å². The average molecular weight is 420 g/mol. The first kappa shape index (κ1) is 22.7. The summed E-state index contributed by atoms with van der Waals surface area (Å²) in [5.74, 6) is 3.28. The van der Waals surface area contributed by atoms with E-state index in [1.165, 1.54) is 5.56 Å². The van der Waals surface area contributed by atoms with Crippen LogP contribution in [0.1, 0.15) is 44.2 Å². The zero-order valence-electron chi connectivity index (χ0n) is 18.7. The lowest BCUT2D eigenvalue weighted by molar-refractivity contribution is 0.0203. The van der Waals surface area contributed by atoms with Crippen molar-refractivity contribution in [2.45, 2.75) is 52.2 Å². The zero-order chi connectivity index (χ0) is 21.2. The number of hydrogen-bond acceptors (Lipinski definition) is 5. The number of ether oxygens (including phenoxy) is 4. The maximum atomic E-state index is 5.89. The number of nitrogens with zero attached hydrogens (tertiary/aromatic N) is 1. The van der Waals surface area contributed by atoms with Crippen LogP contribution in [0.4, 0.5) is 0 Å². The summed E-state index contributed by atoms with van der Waals surface area (Å²) in [6.45, 7) is 9.67. The summed E-state index contributed by atoms with van der Waals surface area (Å²) in [6.07, 6.45) is 4.32. The fourth-order valence-corrected chi connectivity index (χ4v) is 3.85. The summed E-state index contributed by atoms with van der Waals surface area (Å²) in [5, 5.41) is 6.70.